The van der Waals surface area contributed by atoms with Crippen molar-refractivity contribution >= 4 is 0 Å². The second kappa shape index (κ2) is 5.10. The van der Waals surface area contributed by atoms with Crippen LogP contribution in [0.3, 0.4) is 0 Å². The van der Waals surface area contributed by atoms with Crippen LogP contribution in [0.25, 0.3) is 0 Å². The summed E-state index contributed by atoms with van der Waals surface area (Å²) in [6.45, 7) is 7.58. The molecule has 1 rings (SSSR count). The zero-order valence-electron chi connectivity index (χ0n) is 9.49. The van der Waals surface area contributed by atoms with Gasteiger partial charge in [0.15, 0.2) is 0 Å². The summed E-state index contributed by atoms with van der Waals surface area (Å²) in [7, 11) is 1.94. The fraction of sp³-hybridized carbons (Fsp3) is 0.800. The van der Waals surface area contributed by atoms with Gasteiger partial charge in [0.2, 0.25) is 0 Å². The number of aromatic nitrogens is 3. The minimum atomic E-state index is 0.553. The van der Waals surface area contributed by atoms with Crippen LogP contribution in [0.1, 0.15) is 26.6 Å². The van der Waals surface area contributed by atoms with E-state index in [1.807, 2.05) is 11.7 Å². The number of aryl methyl sites for hydroxylation is 1. The van der Waals surface area contributed by atoms with Gasteiger partial charge in [-0.2, -0.15) is 5.10 Å². The average molecular weight is 196 g/mol. The molecule has 4 nitrogen and oxygen atoms in total. The molecule has 1 aromatic heterocycles. The number of nitrogens with zero attached hydrogens (tertiary/aromatic N) is 3. The smallest absolute Gasteiger partial charge is 0.138 e. The van der Waals surface area contributed by atoms with Crippen LogP contribution in [0.2, 0.25) is 0 Å². The average Bonchev–Trinajstić information content (AvgIpc) is 2.49. The van der Waals surface area contributed by atoms with E-state index in [1.165, 1.54) is 0 Å². The molecule has 0 saturated heterocycles. The van der Waals surface area contributed by atoms with Gasteiger partial charge in [-0.15, -0.1) is 0 Å². The molecule has 0 saturated carbocycles. The van der Waals surface area contributed by atoms with Gasteiger partial charge in [0.05, 0.1) is 0 Å². The van der Waals surface area contributed by atoms with Gasteiger partial charge in [-0.3, -0.25) is 4.68 Å². The maximum atomic E-state index is 4.21. The first kappa shape index (κ1) is 11.2. The zero-order chi connectivity index (χ0) is 10.6. The zero-order valence-corrected chi connectivity index (χ0v) is 9.49. The molecule has 0 aromatic carbocycles. The summed E-state index contributed by atoms with van der Waals surface area (Å²) in [6.07, 6.45) is 2.59. The van der Waals surface area contributed by atoms with Crippen LogP contribution >= 0.6 is 0 Å². The van der Waals surface area contributed by atoms with E-state index in [2.05, 4.69) is 36.2 Å². The van der Waals surface area contributed by atoms with Crippen molar-refractivity contribution < 1.29 is 0 Å². The Morgan fingerprint density at radius 1 is 1.43 bits per heavy atom. The molecule has 14 heavy (non-hydrogen) atoms. The Morgan fingerprint density at radius 2 is 2.14 bits per heavy atom. The predicted octanol–water partition coefficient (Wildman–Crippen LogP) is 0.992. The highest BCUT2D eigenvalue weighted by Gasteiger charge is 2.07. The van der Waals surface area contributed by atoms with Crippen LogP contribution in [0.5, 0.6) is 0 Å². The van der Waals surface area contributed by atoms with Crippen molar-refractivity contribution in [1.29, 1.82) is 0 Å². The van der Waals surface area contributed by atoms with E-state index in [4.69, 9.17) is 0 Å². The molecular formula is C10H20N4. The number of rotatable bonds is 5. The lowest BCUT2D eigenvalue weighted by molar-refractivity contribution is 0.461. The molecule has 0 aliphatic heterocycles. The molecule has 4 heteroatoms. The Balaban J connectivity index is 2.34. The Kier molecular flexibility index (Phi) is 4.07. The van der Waals surface area contributed by atoms with Crippen LogP contribution in [0.4, 0.5) is 0 Å². The highest BCUT2D eigenvalue weighted by molar-refractivity contribution is 4.85. The lowest BCUT2D eigenvalue weighted by Crippen LogP contribution is -2.29. The van der Waals surface area contributed by atoms with Crippen molar-refractivity contribution in [2.24, 2.45) is 13.0 Å². The summed E-state index contributed by atoms with van der Waals surface area (Å²) in [5.41, 5.74) is 0. The number of nitrogens with one attached hydrogen (secondary N) is 1. The van der Waals surface area contributed by atoms with Gasteiger partial charge in [-0.05, 0) is 12.5 Å². The largest absolute Gasteiger partial charge is 0.314 e. The summed E-state index contributed by atoms with van der Waals surface area (Å²) < 4.78 is 1.84. The van der Waals surface area contributed by atoms with Crippen molar-refractivity contribution in [3.63, 3.8) is 0 Å². The van der Waals surface area contributed by atoms with Gasteiger partial charge < -0.3 is 5.32 Å². The molecule has 1 atom stereocenters. The van der Waals surface area contributed by atoms with Gasteiger partial charge in [0.1, 0.15) is 12.2 Å². The van der Waals surface area contributed by atoms with Gasteiger partial charge in [0, 0.05) is 19.5 Å². The quantitative estimate of drug-likeness (QED) is 0.763. The Bertz CT molecular complexity index is 267. The first-order valence-electron chi connectivity index (χ1n) is 5.16. The molecular weight excluding hydrogens is 176 g/mol. The molecule has 0 fully saturated rings. The van der Waals surface area contributed by atoms with Gasteiger partial charge in [-0.25, -0.2) is 4.98 Å². The van der Waals surface area contributed by atoms with Gasteiger partial charge in [0.25, 0.3) is 0 Å². The van der Waals surface area contributed by atoms with Crippen molar-refractivity contribution in [1.82, 2.24) is 20.1 Å². The second-order valence-corrected chi connectivity index (χ2v) is 4.17. The van der Waals surface area contributed by atoms with Crippen LogP contribution < -0.4 is 5.32 Å². The standard InChI is InChI=1S/C10H20N4/c1-8(2)11-6-9(3)5-10-12-7-13-14(10)4/h7-9,11H,5-6H2,1-4H3. The SMILES string of the molecule is CC(CNC(C)C)Cc1ncnn1C. The molecule has 1 aromatic rings. The van der Waals surface area contributed by atoms with E-state index in [-0.39, 0.29) is 0 Å². The monoisotopic (exact) mass is 196 g/mol. The van der Waals surface area contributed by atoms with Crippen LogP contribution in [0, 0.1) is 5.92 Å². The van der Waals surface area contributed by atoms with E-state index in [0.717, 1.165) is 18.8 Å². The van der Waals surface area contributed by atoms with E-state index >= 15 is 0 Å². The van der Waals surface area contributed by atoms with Gasteiger partial charge in [-0.1, -0.05) is 20.8 Å². The Labute approximate surface area is 85.7 Å². The fourth-order valence-corrected chi connectivity index (χ4v) is 1.33. The van der Waals surface area contributed by atoms with Crippen molar-refractivity contribution in [2.45, 2.75) is 33.2 Å². The lowest BCUT2D eigenvalue weighted by atomic mass is 10.1. The molecule has 1 heterocycles. The summed E-state index contributed by atoms with van der Waals surface area (Å²) >= 11 is 0. The normalized spacial score (nSPS) is 13.5. The molecule has 0 aliphatic rings. The molecule has 80 valence electrons. The summed E-state index contributed by atoms with van der Waals surface area (Å²) in [6, 6.07) is 0.553. The molecule has 0 amide bonds. The van der Waals surface area contributed by atoms with Crippen molar-refractivity contribution in [3.05, 3.63) is 12.2 Å². The highest BCUT2D eigenvalue weighted by atomic mass is 15.3. The Morgan fingerprint density at radius 3 is 2.64 bits per heavy atom. The molecule has 0 radical (unpaired) electrons. The first-order valence-corrected chi connectivity index (χ1v) is 5.16. The third-order valence-corrected chi connectivity index (χ3v) is 2.21. The number of hydrogen-bond donors (Lipinski definition) is 1. The maximum Gasteiger partial charge on any atom is 0.138 e. The minimum Gasteiger partial charge on any atom is -0.314 e. The molecule has 0 bridgehead atoms. The third-order valence-electron chi connectivity index (χ3n) is 2.21. The summed E-state index contributed by atoms with van der Waals surface area (Å²) in [5, 5.41) is 7.47. The van der Waals surface area contributed by atoms with Crippen LogP contribution in [0.15, 0.2) is 6.33 Å². The topological polar surface area (TPSA) is 42.7 Å². The lowest BCUT2D eigenvalue weighted by Gasteiger charge is -2.14. The van der Waals surface area contributed by atoms with Crippen LogP contribution in [-0.4, -0.2) is 27.4 Å². The van der Waals surface area contributed by atoms with E-state index in [1.54, 1.807) is 6.33 Å². The first-order chi connectivity index (χ1) is 6.59. The van der Waals surface area contributed by atoms with E-state index < -0.39 is 0 Å². The van der Waals surface area contributed by atoms with Gasteiger partial charge >= 0.3 is 0 Å². The van der Waals surface area contributed by atoms with E-state index in [0.29, 0.717) is 12.0 Å². The predicted molar refractivity (Wildman–Crippen MR) is 57.0 cm³/mol. The Hall–Kier alpha value is -0.900. The summed E-state index contributed by atoms with van der Waals surface area (Å²) in [4.78, 5) is 4.21. The molecule has 1 unspecified atom stereocenters. The van der Waals surface area contributed by atoms with Crippen LogP contribution in [-0.2, 0) is 13.5 Å². The molecule has 0 spiro atoms. The number of hydrogen-bond acceptors (Lipinski definition) is 3. The molecule has 0 aliphatic carbocycles. The van der Waals surface area contributed by atoms with Crippen molar-refractivity contribution in [2.75, 3.05) is 6.54 Å². The third kappa shape index (κ3) is 3.46. The highest BCUT2D eigenvalue weighted by Crippen LogP contribution is 2.03. The molecule has 1 N–H and O–H groups in total. The fourth-order valence-electron chi connectivity index (χ4n) is 1.33. The summed E-state index contributed by atoms with van der Waals surface area (Å²) in [5.74, 6) is 1.66. The minimum absolute atomic E-state index is 0.553. The maximum absolute atomic E-state index is 4.21. The van der Waals surface area contributed by atoms with E-state index in [9.17, 15) is 0 Å². The van der Waals surface area contributed by atoms with Crippen molar-refractivity contribution in [3.8, 4) is 0 Å². The second-order valence-electron chi connectivity index (χ2n) is 4.17.